The van der Waals surface area contributed by atoms with Gasteiger partial charge in [-0.3, -0.25) is 4.79 Å². The molecule has 94 valence electrons. The van der Waals surface area contributed by atoms with Gasteiger partial charge in [-0.25, -0.2) is 0 Å². The molecule has 0 aromatic rings. The molecule has 0 saturated heterocycles. The number of hydrogen-bond donors (Lipinski definition) is 0. The van der Waals surface area contributed by atoms with Crippen molar-refractivity contribution in [1.29, 1.82) is 0 Å². The molecule has 0 bridgehead atoms. The molecule has 0 heterocycles. The standard InChI is InChI=1S/C13H24INO/c1-2-9-15(10-8-14)13(16)11-12-6-4-3-5-7-12/h12H,2-11H2,1H3. The van der Waals surface area contributed by atoms with Gasteiger partial charge in [0.2, 0.25) is 5.91 Å². The maximum Gasteiger partial charge on any atom is 0.222 e. The largest absolute Gasteiger partial charge is 0.342 e. The Bertz CT molecular complexity index is 196. The van der Waals surface area contributed by atoms with E-state index in [-0.39, 0.29) is 0 Å². The van der Waals surface area contributed by atoms with E-state index in [9.17, 15) is 4.79 Å². The second-order valence-corrected chi connectivity index (χ2v) is 5.86. The maximum absolute atomic E-state index is 12.1. The van der Waals surface area contributed by atoms with Crippen molar-refractivity contribution in [2.24, 2.45) is 5.92 Å². The minimum Gasteiger partial charge on any atom is -0.342 e. The summed E-state index contributed by atoms with van der Waals surface area (Å²) in [7, 11) is 0. The first kappa shape index (κ1) is 14.3. The molecule has 0 radical (unpaired) electrons. The number of alkyl halides is 1. The molecule has 16 heavy (non-hydrogen) atoms. The smallest absolute Gasteiger partial charge is 0.222 e. The van der Waals surface area contributed by atoms with Crippen LogP contribution in [0.1, 0.15) is 51.9 Å². The summed E-state index contributed by atoms with van der Waals surface area (Å²) >= 11 is 2.35. The number of carbonyl (C=O) groups is 1. The lowest BCUT2D eigenvalue weighted by atomic mass is 9.86. The normalized spacial score (nSPS) is 17.4. The van der Waals surface area contributed by atoms with Crippen molar-refractivity contribution in [2.75, 3.05) is 17.5 Å². The van der Waals surface area contributed by atoms with E-state index in [1.807, 2.05) is 0 Å². The first-order valence-electron chi connectivity index (χ1n) is 6.61. The van der Waals surface area contributed by atoms with Gasteiger partial charge in [0.05, 0.1) is 0 Å². The van der Waals surface area contributed by atoms with Crippen LogP contribution in [0, 0.1) is 5.92 Å². The molecular formula is C13H24INO. The second-order valence-electron chi connectivity index (χ2n) is 4.78. The van der Waals surface area contributed by atoms with Gasteiger partial charge in [-0.2, -0.15) is 0 Å². The molecule has 1 saturated carbocycles. The topological polar surface area (TPSA) is 20.3 Å². The number of hydrogen-bond acceptors (Lipinski definition) is 1. The highest BCUT2D eigenvalue weighted by Gasteiger charge is 2.20. The SMILES string of the molecule is CCCN(CCI)C(=O)CC1CCCCC1. The van der Waals surface area contributed by atoms with Crippen molar-refractivity contribution < 1.29 is 4.79 Å². The van der Waals surface area contributed by atoms with E-state index in [1.54, 1.807) is 0 Å². The first-order chi connectivity index (χ1) is 7.77. The summed E-state index contributed by atoms with van der Waals surface area (Å²) in [6, 6.07) is 0. The molecule has 2 nitrogen and oxygen atoms in total. The lowest BCUT2D eigenvalue weighted by Gasteiger charge is -2.26. The summed E-state index contributed by atoms with van der Waals surface area (Å²) < 4.78 is 1.05. The third-order valence-electron chi connectivity index (χ3n) is 3.39. The Morgan fingerprint density at radius 2 is 1.94 bits per heavy atom. The van der Waals surface area contributed by atoms with E-state index >= 15 is 0 Å². The quantitative estimate of drug-likeness (QED) is 0.535. The van der Waals surface area contributed by atoms with Crippen LogP contribution < -0.4 is 0 Å². The molecule has 1 fully saturated rings. The predicted octanol–water partition coefficient (Wildman–Crippen LogP) is 3.63. The van der Waals surface area contributed by atoms with Gasteiger partial charge in [-0.1, -0.05) is 48.8 Å². The van der Waals surface area contributed by atoms with Crippen LogP contribution in [-0.4, -0.2) is 28.3 Å². The van der Waals surface area contributed by atoms with E-state index < -0.39 is 0 Å². The van der Waals surface area contributed by atoms with Crippen molar-refractivity contribution >= 4 is 28.5 Å². The van der Waals surface area contributed by atoms with E-state index in [4.69, 9.17) is 0 Å². The lowest BCUT2D eigenvalue weighted by molar-refractivity contribution is -0.132. The highest BCUT2D eigenvalue weighted by atomic mass is 127. The third-order valence-corrected chi connectivity index (χ3v) is 3.87. The van der Waals surface area contributed by atoms with Crippen molar-refractivity contribution in [2.45, 2.75) is 51.9 Å². The van der Waals surface area contributed by atoms with Gasteiger partial charge in [0.25, 0.3) is 0 Å². The molecule has 0 unspecified atom stereocenters. The highest BCUT2D eigenvalue weighted by molar-refractivity contribution is 14.1. The molecule has 0 atom stereocenters. The van der Waals surface area contributed by atoms with E-state index in [0.717, 1.165) is 30.4 Å². The van der Waals surface area contributed by atoms with E-state index in [2.05, 4.69) is 34.4 Å². The highest BCUT2D eigenvalue weighted by Crippen LogP contribution is 2.26. The summed E-state index contributed by atoms with van der Waals surface area (Å²) in [4.78, 5) is 14.2. The molecule has 1 rings (SSSR count). The Balaban J connectivity index is 2.34. The van der Waals surface area contributed by atoms with Crippen LogP contribution >= 0.6 is 22.6 Å². The van der Waals surface area contributed by atoms with Crippen LogP contribution in [0.4, 0.5) is 0 Å². The molecule has 0 aromatic carbocycles. The van der Waals surface area contributed by atoms with Gasteiger partial charge < -0.3 is 4.90 Å². The average molecular weight is 337 g/mol. The predicted molar refractivity (Wildman–Crippen MR) is 77.0 cm³/mol. The van der Waals surface area contributed by atoms with Crippen molar-refractivity contribution in [1.82, 2.24) is 4.90 Å². The van der Waals surface area contributed by atoms with E-state index in [0.29, 0.717) is 11.8 Å². The molecule has 1 aliphatic carbocycles. The number of amides is 1. The summed E-state index contributed by atoms with van der Waals surface area (Å²) in [6.45, 7) is 4.02. The average Bonchev–Trinajstić information content (AvgIpc) is 2.30. The van der Waals surface area contributed by atoms with Crippen LogP contribution in [0.2, 0.25) is 0 Å². The molecule has 0 aliphatic heterocycles. The Morgan fingerprint density at radius 3 is 2.50 bits per heavy atom. The van der Waals surface area contributed by atoms with Gasteiger partial charge in [-0.15, -0.1) is 0 Å². The third kappa shape index (κ3) is 5.02. The molecule has 0 aromatic heterocycles. The molecule has 0 spiro atoms. The number of carbonyl (C=O) groups excluding carboxylic acids is 1. The van der Waals surface area contributed by atoms with Crippen molar-refractivity contribution in [3.8, 4) is 0 Å². The van der Waals surface area contributed by atoms with Crippen LogP contribution in [0.5, 0.6) is 0 Å². The molecule has 0 N–H and O–H groups in total. The fraction of sp³-hybridized carbons (Fsp3) is 0.923. The molecular weight excluding hydrogens is 313 g/mol. The molecule has 3 heteroatoms. The fourth-order valence-electron chi connectivity index (χ4n) is 2.50. The van der Waals surface area contributed by atoms with Gasteiger partial charge in [-0.05, 0) is 25.2 Å². The van der Waals surface area contributed by atoms with Gasteiger partial charge in [0.15, 0.2) is 0 Å². The van der Waals surface area contributed by atoms with Crippen LogP contribution in [0.3, 0.4) is 0 Å². The maximum atomic E-state index is 12.1. The van der Waals surface area contributed by atoms with Crippen molar-refractivity contribution in [3.63, 3.8) is 0 Å². The zero-order chi connectivity index (χ0) is 11.8. The van der Waals surface area contributed by atoms with Crippen LogP contribution in [0.25, 0.3) is 0 Å². The Morgan fingerprint density at radius 1 is 1.25 bits per heavy atom. The zero-order valence-electron chi connectivity index (χ0n) is 10.4. The van der Waals surface area contributed by atoms with E-state index in [1.165, 1.54) is 32.1 Å². The van der Waals surface area contributed by atoms with Crippen LogP contribution in [0.15, 0.2) is 0 Å². The summed E-state index contributed by atoms with van der Waals surface area (Å²) in [5.41, 5.74) is 0. The minimum atomic E-state index is 0.394. The minimum absolute atomic E-state index is 0.394. The number of halogens is 1. The molecule has 1 aliphatic rings. The Hall–Kier alpha value is 0.200. The van der Waals surface area contributed by atoms with Gasteiger partial charge in [0.1, 0.15) is 0 Å². The first-order valence-corrected chi connectivity index (χ1v) is 8.14. The van der Waals surface area contributed by atoms with Crippen molar-refractivity contribution in [3.05, 3.63) is 0 Å². The zero-order valence-corrected chi connectivity index (χ0v) is 12.5. The van der Waals surface area contributed by atoms with Gasteiger partial charge >= 0.3 is 0 Å². The van der Waals surface area contributed by atoms with Crippen LogP contribution in [-0.2, 0) is 4.79 Å². The Kier molecular flexibility index (Phi) is 7.41. The Labute approximate surface area is 113 Å². The summed E-state index contributed by atoms with van der Waals surface area (Å²) in [5.74, 6) is 1.07. The summed E-state index contributed by atoms with van der Waals surface area (Å²) in [5, 5.41) is 0. The lowest BCUT2D eigenvalue weighted by Crippen LogP contribution is -2.34. The second kappa shape index (κ2) is 8.31. The van der Waals surface area contributed by atoms with Gasteiger partial charge in [0, 0.05) is 23.9 Å². The number of nitrogens with zero attached hydrogens (tertiary/aromatic N) is 1. The summed E-state index contributed by atoms with van der Waals surface area (Å²) in [6.07, 6.45) is 8.46. The molecule has 1 amide bonds. The monoisotopic (exact) mass is 337 g/mol. The number of rotatable bonds is 6. The fourth-order valence-corrected chi connectivity index (χ4v) is 3.08.